The van der Waals surface area contributed by atoms with Crippen molar-refractivity contribution in [1.29, 1.82) is 0 Å². The third-order valence-corrected chi connectivity index (χ3v) is 7.25. The van der Waals surface area contributed by atoms with E-state index in [1.807, 2.05) is 35.9 Å². The van der Waals surface area contributed by atoms with Crippen LogP contribution in [0.25, 0.3) is 0 Å². The van der Waals surface area contributed by atoms with Crippen LogP contribution in [0.1, 0.15) is 39.7 Å². The van der Waals surface area contributed by atoms with Crippen LogP contribution in [0, 0.1) is 0 Å². The van der Waals surface area contributed by atoms with Crippen LogP contribution in [-0.4, -0.2) is 26.6 Å². The van der Waals surface area contributed by atoms with Crippen molar-refractivity contribution in [2.45, 2.75) is 43.1 Å². The van der Waals surface area contributed by atoms with Crippen molar-refractivity contribution in [1.82, 2.24) is 9.55 Å². The molecule has 1 aromatic carbocycles. The number of thiophene rings is 1. The van der Waals surface area contributed by atoms with Crippen molar-refractivity contribution in [2.24, 2.45) is 5.73 Å². The van der Waals surface area contributed by atoms with Gasteiger partial charge >= 0.3 is 0 Å². The number of hydrogen-bond donors (Lipinski definition) is 2. The molecule has 8 heteroatoms. The molecule has 3 aromatic rings. The summed E-state index contributed by atoms with van der Waals surface area (Å²) in [4.78, 5) is 30.3. The number of rotatable bonds is 7. The molecule has 2 aromatic heterocycles. The van der Waals surface area contributed by atoms with Gasteiger partial charge in [-0.15, -0.1) is 11.3 Å². The Morgan fingerprint density at radius 1 is 1.31 bits per heavy atom. The number of carbonyl (C=O) groups excluding carboxylic acids is 2. The fourth-order valence-corrected chi connectivity index (χ4v) is 5.65. The van der Waals surface area contributed by atoms with Crippen LogP contribution in [0.3, 0.4) is 0 Å². The molecule has 1 aliphatic carbocycles. The minimum atomic E-state index is -0.474. The van der Waals surface area contributed by atoms with Gasteiger partial charge in [0.15, 0.2) is 5.16 Å². The first-order valence-electron chi connectivity index (χ1n) is 9.50. The lowest BCUT2D eigenvalue weighted by molar-refractivity contribution is -0.115. The number of primary amides is 1. The van der Waals surface area contributed by atoms with E-state index in [1.165, 1.54) is 28.7 Å². The third-order valence-electron chi connectivity index (χ3n) is 4.93. The normalized spacial score (nSPS) is 13.8. The smallest absolute Gasteiger partial charge is 0.251 e. The highest BCUT2D eigenvalue weighted by atomic mass is 32.2. The fraction of sp³-hybridized carbons (Fsp3) is 0.286. The van der Waals surface area contributed by atoms with Gasteiger partial charge in [0.2, 0.25) is 5.91 Å². The van der Waals surface area contributed by atoms with E-state index in [1.54, 1.807) is 6.20 Å². The van der Waals surface area contributed by atoms with E-state index in [2.05, 4.69) is 22.4 Å². The van der Waals surface area contributed by atoms with Gasteiger partial charge in [-0.25, -0.2) is 4.98 Å². The Kier molecular flexibility index (Phi) is 5.73. The maximum Gasteiger partial charge on any atom is 0.251 e. The molecule has 0 fully saturated rings. The standard InChI is InChI=1S/C21H22N4O2S2/c1-13(28-21-23-10-11-25(21)12-14-6-3-2-4-7-14)19(27)24-20-17(18(22)26)15-8-5-9-16(15)29-20/h2-4,6-7,10-11,13H,5,8-9,12H2,1H3,(H2,22,26)(H,24,27)/t13-/m1/s1. The number of nitrogens with zero attached hydrogens (tertiary/aromatic N) is 2. The predicted octanol–water partition coefficient (Wildman–Crippen LogP) is 3.70. The van der Waals surface area contributed by atoms with Crippen LogP contribution in [0.2, 0.25) is 0 Å². The Balaban J connectivity index is 1.45. The van der Waals surface area contributed by atoms with Crippen LogP contribution >= 0.6 is 23.1 Å². The summed E-state index contributed by atoms with van der Waals surface area (Å²) in [6, 6.07) is 10.1. The van der Waals surface area contributed by atoms with Crippen molar-refractivity contribution in [2.75, 3.05) is 5.32 Å². The number of hydrogen-bond acceptors (Lipinski definition) is 5. The van der Waals surface area contributed by atoms with E-state index < -0.39 is 5.91 Å². The number of aromatic nitrogens is 2. The summed E-state index contributed by atoms with van der Waals surface area (Å²) in [7, 11) is 0. The lowest BCUT2D eigenvalue weighted by Crippen LogP contribution is -2.24. The number of anilines is 1. The molecule has 0 saturated heterocycles. The highest BCUT2D eigenvalue weighted by molar-refractivity contribution is 8.00. The SMILES string of the molecule is C[C@@H](Sc1nccn1Cc1ccccc1)C(=O)Nc1sc2c(c1C(N)=O)CCC2. The van der Waals surface area contributed by atoms with Crippen molar-refractivity contribution in [3.05, 3.63) is 64.3 Å². The Morgan fingerprint density at radius 2 is 2.10 bits per heavy atom. The van der Waals surface area contributed by atoms with Crippen LogP contribution in [-0.2, 0) is 24.2 Å². The molecule has 0 bridgehead atoms. The maximum absolute atomic E-state index is 12.8. The molecule has 0 aliphatic heterocycles. The highest BCUT2D eigenvalue weighted by Crippen LogP contribution is 2.39. The summed E-state index contributed by atoms with van der Waals surface area (Å²) >= 11 is 2.87. The summed E-state index contributed by atoms with van der Waals surface area (Å²) in [6.07, 6.45) is 6.48. The minimum Gasteiger partial charge on any atom is -0.365 e. The van der Waals surface area contributed by atoms with Crippen LogP contribution in [0.5, 0.6) is 0 Å². The summed E-state index contributed by atoms with van der Waals surface area (Å²) in [5.41, 5.74) is 8.25. The van der Waals surface area contributed by atoms with Gasteiger partial charge < -0.3 is 15.6 Å². The van der Waals surface area contributed by atoms with Gasteiger partial charge in [0, 0.05) is 23.8 Å². The Morgan fingerprint density at radius 3 is 2.86 bits per heavy atom. The van der Waals surface area contributed by atoms with E-state index in [4.69, 9.17) is 5.73 Å². The first kappa shape index (κ1) is 19.7. The summed E-state index contributed by atoms with van der Waals surface area (Å²) in [5, 5.41) is 3.91. The fourth-order valence-electron chi connectivity index (χ4n) is 3.49. The highest BCUT2D eigenvalue weighted by Gasteiger charge is 2.27. The molecule has 2 amide bonds. The second kappa shape index (κ2) is 8.42. The summed E-state index contributed by atoms with van der Waals surface area (Å²) < 4.78 is 2.03. The van der Waals surface area contributed by atoms with E-state index >= 15 is 0 Å². The van der Waals surface area contributed by atoms with E-state index in [9.17, 15) is 9.59 Å². The van der Waals surface area contributed by atoms with Crippen molar-refractivity contribution >= 4 is 39.9 Å². The van der Waals surface area contributed by atoms with Crippen molar-refractivity contribution in [3.63, 3.8) is 0 Å². The number of benzene rings is 1. The van der Waals surface area contributed by atoms with E-state index in [-0.39, 0.29) is 11.2 Å². The quantitative estimate of drug-likeness (QED) is 0.564. The number of aryl methyl sites for hydroxylation is 1. The van der Waals surface area contributed by atoms with Gasteiger partial charge in [-0.3, -0.25) is 9.59 Å². The average Bonchev–Trinajstić information content (AvgIpc) is 3.39. The largest absolute Gasteiger partial charge is 0.365 e. The monoisotopic (exact) mass is 426 g/mol. The van der Waals surface area contributed by atoms with E-state index in [0.717, 1.165) is 34.9 Å². The number of imidazole rings is 1. The number of nitrogens with one attached hydrogen (secondary N) is 1. The number of carbonyl (C=O) groups is 2. The second-order valence-corrected chi connectivity index (χ2v) is 9.41. The number of thioether (sulfide) groups is 1. The zero-order chi connectivity index (χ0) is 20.4. The first-order chi connectivity index (χ1) is 14.0. The molecule has 2 heterocycles. The van der Waals surface area contributed by atoms with Gasteiger partial charge in [0.1, 0.15) is 5.00 Å². The predicted molar refractivity (Wildman–Crippen MR) is 117 cm³/mol. The number of amides is 2. The molecular weight excluding hydrogens is 404 g/mol. The lowest BCUT2D eigenvalue weighted by Gasteiger charge is -2.13. The van der Waals surface area contributed by atoms with Gasteiger partial charge in [0.05, 0.1) is 10.8 Å². The van der Waals surface area contributed by atoms with Crippen molar-refractivity contribution < 1.29 is 9.59 Å². The lowest BCUT2D eigenvalue weighted by atomic mass is 10.1. The third kappa shape index (κ3) is 4.23. The first-order valence-corrected chi connectivity index (χ1v) is 11.2. The average molecular weight is 427 g/mol. The molecule has 3 N–H and O–H groups in total. The molecular formula is C21H22N4O2S2. The zero-order valence-corrected chi connectivity index (χ0v) is 17.7. The molecule has 4 rings (SSSR count). The van der Waals surface area contributed by atoms with Gasteiger partial charge in [-0.2, -0.15) is 0 Å². The Bertz CT molecular complexity index is 1040. The molecule has 29 heavy (non-hydrogen) atoms. The molecule has 6 nitrogen and oxygen atoms in total. The molecule has 1 aliphatic rings. The molecule has 150 valence electrons. The molecule has 0 radical (unpaired) electrons. The molecule has 0 spiro atoms. The van der Waals surface area contributed by atoms with Gasteiger partial charge in [-0.05, 0) is 37.3 Å². The molecule has 0 unspecified atom stereocenters. The Labute approximate surface area is 177 Å². The van der Waals surface area contributed by atoms with Gasteiger partial charge in [-0.1, -0.05) is 42.1 Å². The minimum absolute atomic E-state index is 0.160. The van der Waals surface area contributed by atoms with Crippen LogP contribution in [0.4, 0.5) is 5.00 Å². The zero-order valence-electron chi connectivity index (χ0n) is 16.1. The second-order valence-electron chi connectivity index (χ2n) is 7.00. The van der Waals surface area contributed by atoms with Gasteiger partial charge in [0.25, 0.3) is 5.91 Å². The summed E-state index contributed by atoms with van der Waals surface area (Å²) in [5.74, 6) is -0.634. The van der Waals surface area contributed by atoms with E-state index in [0.29, 0.717) is 17.1 Å². The van der Waals surface area contributed by atoms with Crippen LogP contribution in [0.15, 0.2) is 47.9 Å². The number of nitrogens with two attached hydrogens (primary N) is 1. The van der Waals surface area contributed by atoms with Crippen LogP contribution < -0.4 is 11.1 Å². The summed E-state index contributed by atoms with van der Waals surface area (Å²) in [6.45, 7) is 2.54. The molecule has 0 saturated carbocycles. The van der Waals surface area contributed by atoms with Crippen molar-refractivity contribution in [3.8, 4) is 0 Å². The Hall–Kier alpha value is -2.58. The molecule has 1 atom stereocenters. The topological polar surface area (TPSA) is 90.0 Å². The maximum atomic E-state index is 12.8. The number of fused-ring (bicyclic) bond motifs is 1.